The summed E-state index contributed by atoms with van der Waals surface area (Å²) in [5.74, 6) is -1.08. The normalized spacial score (nSPS) is 12.1. The Bertz CT molecular complexity index is 979. The van der Waals surface area contributed by atoms with E-state index in [0.717, 1.165) is 26.9 Å². The molecule has 6 heteroatoms. The lowest BCUT2D eigenvalue weighted by Crippen LogP contribution is -2.30. The topological polar surface area (TPSA) is 71.3 Å². The van der Waals surface area contributed by atoms with Crippen LogP contribution in [0.2, 0.25) is 0 Å². The van der Waals surface area contributed by atoms with Crippen molar-refractivity contribution in [1.82, 2.24) is 9.88 Å². The van der Waals surface area contributed by atoms with Gasteiger partial charge in [-0.25, -0.2) is 0 Å². The maximum Gasteiger partial charge on any atom is 0.305 e. The molecule has 0 aliphatic rings. The number of rotatable bonds is 8. The second-order valence-electron chi connectivity index (χ2n) is 6.77. The number of aromatic nitrogens is 1. The van der Waals surface area contributed by atoms with E-state index >= 15 is 0 Å². The number of hydrogen-bond donors (Lipinski definition) is 2. The second kappa shape index (κ2) is 8.97. The van der Waals surface area contributed by atoms with Crippen LogP contribution in [0.4, 0.5) is 0 Å². The van der Waals surface area contributed by atoms with Crippen LogP contribution < -0.4 is 5.32 Å². The number of aliphatic carboxylic acids is 1. The Kier molecular flexibility index (Phi) is 6.41. The number of carbonyl (C=O) groups excluding carboxylic acids is 1. The van der Waals surface area contributed by atoms with Crippen LogP contribution in [0.1, 0.15) is 30.0 Å². The zero-order valence-electron chi connectivity index (χ0n) is 16.0. The Morgan fingerprint density at radius 3 is 2.54 bits per heavy atom. The number of nitrogens with zero attached hydrogens (tertiary/aromatic N) is 1. The lowest BCUT2D eigenvalue weighted by Gasteiger charge is -2.18. The van der Waals surface area contributed by atoms with E-state index in [1.165, 1.54) is 0 Å². The van der Waals surface area contributed by atoms with Gasteiger partial charge in [0.2, 0.25) is 5.91 Å². The molecule has 3 aromatic rings. The minimum absolute atomic E-state index is 0.140. The first kappa shape index (κ1) is 20.0. The third kappa shape index (κ3) is 4.75. The molecule has 3 rings (SSSR count). The van der Waals surface area contributed by atoms with Crippen LogP contribution in [0.15, 0.2) is 59.6 Å². The summed E-state index contributed by atoms with van der Waals surface area (Å²) in [7, 11) is 1.99. The van der Waals surface area contributed by atoms with E-state index in [1.807, 2.05) is 55.9 Å². The predicted molar refractivity (Wildman–Crippen MR) is 113 cm³/mol. The summed E-state index contributed by atoms with van der Waals surface area (Å²) in [5, 5.41) is 13.3. The van der Waals surface area contributed by atoms with E-state index in [1.54, 1.807) is 11.8 Å². The van der Waals surface area contributed by atoms with Crippen molar-refractivity contribution in [3.05, 3.63) is 65.9 Å². The fraction of sp³-hybridized carbons (Fsp3) is 0.273. The number of aryl methyl sites for hydroxylation is 2. The molecule has 0 bridgehead atoms. The van der Waals surface area contributed by atoms with Gasteiger partial charge in [-0.2, -0.15) is 0 Å². The first-order valence-corrected chi connectivity index (χ1v) is 10.4. The molecule has 0 radical (unpaired) electrons. The molecule has 28 heavy (non-hydrogen) atoms. The van der Waals surface area contributed by atoms with Gasteiger partial charge in [0.1, 0.15) is 0 Å². The Hall–Kier alpha value is -2.73. The van der Waals surface area contributed by atoms with Crippen LogP contribution in [-0.2, 0) is 23.1 Å². The summed E-state index contributed by atoms with van der Waals surface area (Å²) in [4.78, 5) is 24.9. The second-order valence-corrected chi connectivity index (χ2v) is 7.65. The minimum Gasteiger partial charge on any atom is -0.481 e. The van der Waals surface area contributed by atoms with Crippen LogP contribution in [0.3, 0.4) is 0 Å². The predicted octanol–water partition coefficient (Wildman–Crippen LogP) is 4.17. The highest BCUT2D eigenvalue weighted by Gasteiger charge is 2.18. The van der Waals surface area contributed by atoms with Gasteiger partial charge in [0.05, 0.1) is 12.5 Å². The molecular weight excluding hydrogens is 372 g/mol. The molecule has 1 atom stereocenters. The van der Waals surface area contributed by atoms with Gasteiger partial charge in [-0.05, 0) is 42.0 Å². The summed E-state index contributed by atoms with van der Waals surface area (Å²) in [6, 6.07) is 15.2. The molecule has 1 unspecified atom stereocenters. The number of fused-ring (bicyclic) bond motifs is 1. The van der Waals surface area contributed by atoms with Crippen molar-refractivity contribution in [3.63, 3.8) is 0 Å². The van der Waals surface area contributed by atoms with Crippen molar-refractivity contribution in [3.8, 4) is 0 Å². The zero-order chi connectivity index (χ0) is 20.1. The van der Waals surface area contributed by atoms with Gasteiger partial charge >= 0.3 is 5.97 Å². The van der Waals surface area contributed by atoms with Gasteiger partial charge in [-0.1, -0.05) is 30.3 Å². The largest absolute Gasteiger partial charge is 0.481 e. The van der Waals surface area contributed by atoms with Crippen LogP contribution in [0.5, 0.6) is 0 Å². The molecule has 0 fully saturated rings. The minimum atomic E-state index is -0.937. The van der Waals surface area contributed by atoms with Crippen LogP contribution in [0.25, 0.3) is 10.9 Å². The van der Waals surface area contributed by atoms with Gasteiger partial charge in [0.25, 0.3) is 0 Å². The standard InChI is InChI=1S/C22H24N2O3S/c1-24-14-16(18-5-3-4-6-20(18)24)9-12-21(25)23-19(13-22(26)27)15-7-10-17(28-2)11-8-15/h3-8,10-11,14,19H,9,12-13H2,1-2H3,(H,23,25)(H,26,27). The summed E-state index contributed by atoms with van der Waals surface area (Å²) in [6.07, 6.45) is 4.82. The first-order chi connectivity index (χ1) is 13.5. The highest BCUT2D eigenvalue weighted by molar-refractivity contribution is 7.98. The molecule has 0 aliphatic heterocycles. The number of nitrogens with one attached hydrogen (secondary N) is 1. The van der Waals surface area contributed by atoms with Crippen molar-refractivity contribution in [1.29, 1.82) is 0 Å². The Labute approximate surface area is 168 Å². The molecule has 1 heterocycles. The quantitative estimate of drug-likeness (QED) is 0.561. The Morgan fingerprint density at radius 1 is 1.14 bits per heavy atom. The summed E-state index contributed by atoms with van der Waals surface area (Å²) < 4.78 is 2.06. The Balaban J connectivity index is 1.68. The van der Waals surface area contributed by atoms with E-state index < -0.39 is 12.0 Å². The summed E-state index contributed by atoms with van der Waals surface area (Å²) in [5.41, 5.74) is 3.06. The maximum absolute atomic E-state index is 12.5. The fourth-order valence-electron chi connectivity index (χ4n) is 3.40. The van der Waals surface area contributed by atoms with Gasteiger partial charge in [-0.15, -0.1) is 11.8 Å². The van der Waals surface area contributed by atoms with E-state index in [-0.39, 0.29) is 12.3 Å². The van der Waals surface area contributed by atoms with E-state index in [2.05, 4.69) is 22.0 Å². The highest BCUT2D eigenvalue weighted by Crippen LogP contribution is 2.23. The van der Waals surface area contributed by atoms with E-state index in [9.17, 15) is 14.7 Å². The highest BCUT2D eigenvalue weighted by atomic mass is 32.2. The summed E-state index contributed by atoms with van der Waals surface area (Å²) in [6.45, 7) is 0. The summed E-state index contributed by atoms with van der Waals surface area (Å²) >= 11 is 1.62. The van der Waals surface area contributed by atoms with Crippen LogP contribution in [0, 0.1) is 0 Å². The number of benzene rings is 2. The number of amides is 1. The molecule has 0 aliphatic carbocycles. The van der Waals surface area contributed by atoms with Crippen molar-refractivity contribution < 1.29 is 14.7 Å². The number of carbonyl (C=O) groups is 2. The third-order valence-electron chi connectivity index (χ3n) is 4.83. The molecule has 0 saturated heterocycles. The average molecular weight is 397 g/mol. The third-order valence-corrected chi connectivity index (χ3v) is 5.58. The number of carboxylic acids is 1. The van der Waals surface area contributed by atoms with Gasteiger partial charge in [0, 0.05) is 35.5 Å². The van der Waals surface area contributed by atoms with E-state index in [0.29, 0.717) is 12.8 Å². The smallest absolute Gasteiger partial charge is 0.305 e. The SMILES string of the molecule is CSc1ccc(C(CC(=O)O)NC(=O)CCc2cn(C)c3ccccc23)cc1. The molecule has 0 spiro atoms. The van der Waals surface area contributed by atoms with Crippen molar-refractivity contribution in [2.45, 2.75) is 30.2 Å². The molecule has 0 saturated carbocycles. The molecule has 5 nitrogen and oxygen atoms in total. The number of hydrogen-bond acceptors (Lipinski definition) is 3. The molecule has 1 aromatic heterocycles. The molecular formula is C22H24N2O3S. The zero-order valence-corrected chi connectivity index (χ0v) is 16.8. The van der Waals surface area contributed by atoms with Crippen molar-refractivity contribution >= 4 is 34.5 Å². The first-order valence-electron chi connectivity index (χ1n) is 9.16. The molecule has 2 aromatic carbocycles. The van der Waals surface area contributed by atoms with Gasteiger partial charge < -0.3 is 15.0 Å². The van der Waals surface area contributed by atoms with Crippen molar-refractivity contribution in [2.75, 3.05) is 6.26 Å². The lowest BCUT2D eigenvalue weighted by molar-refractivity contribution is -0.137. The lowest BCUT2D eigenvalue weighted by atomic mass is 10.0. The van der Waals surface area contributed by atoms with Crippen LogP contribution in [-0.4, -0.2) is 27.8 Å². The molecule has 2 N–H and O–H groups in total. The number of carboxylic acid groups (broad SMARTS) is 1. The Morgan fingerprint density at radius 2 is 1.86 bits per heavy atom. The van der Waals surface area contributed by atoms with Crippen molar-refractivity contribution in [2.24, 2.45) is 7.05 Å². The maximum atomic E-state index is 12.5. The van der Waals surface area contributed by atoms with Gasteiger partial charge in [0.15, 0.2) is 0 Å². The molecule has 146 valence electrons. The van der Waals surface area contributed by atoms with Crippen LogP contribution >= 0.6 is 11.8 Å². The average Bonchev–Trinajstić information content (AvgIpc) is 3.02. The van der Waals surface area contributed by atoms with Gasteiger partial charge in [-0.3, -0.25) is 9.59 Å². The van der Waals surface area contributed by atoms with E-state index in [4.69, 9.17) is 0 Å². The monoisotopic (exact) mass is 396 g/mol. The number of para-hydroxylation sites is 1. The molecule has 1 amide bonds. The number of thioether (sulfide) groups is 1. The fourth-order valence-corrected chi connectivity index (χ4v) is 3.81.